The monoisotopic (exact) mass is 268 g/mol. The van der Waals surface area contributed by atoms with Crippen molar-refractivity contribution in [3.05, 3.63) is 0 Å². The molecular formula is C13H26Al2O2. The molecule has 17 heavy (non-hydrogen) atoms. The number of hydrogen-bond acceptors (Lipinski definition) is 2. The van der Waals surface area contributed by atoms with Crippen LogP contribution in [0.5, 0.6) is 0 Å². The van der Waals surface area contributed by atoms with Crippen molar-refractivity contribution in [2.75, 3.05) is 6.61 Å². The molecule has 2 rings (SSSR count). The molecule has 0 spiro atoms. The molecule has 0 aromatic carbocycles. The van der Waals surface area contributed by atoms with E-state index in [2.05, 4.69) is 6.92 Å². The molecule has 2 aliphatic rings. The molecule has 2 saturated heterocycles. The van der Waals surface area contributed by atoms with Gasteiger partial charge < -0.3 is 7.58 Å². The van der Waals surface area contributed by atoms with Gasteiger partial charge in [-0.3, -0.25) is 0 Å². The summed E-state index contributed by atoms with van der Waals surface area (Å²) in [6.45, 7) is 3.32. The number of unbranched alkanes of at least 4 members (excludes halogenated alkanes) is 1. The third kappa shape index (κ3) is 5.65. The Labute approximate surface area is 116 Å². The van der Waals surface area contributed by atoms with Gasteiger partial charge in [0.25, 0.3) is 0 Å². The number of rotatable bonds is 5. The smallest absolute Gasteiger partial charge is 0.460 e. The van der Waals surface area contributed by atoms with Crippen LogP contribution in [0.4, 0.5) is 0 Å². The molecule has 2 heterocycles. The van der Waals surface area contributed by atoms with Crippen LogP contribution in [0, 0.1) is 0 Å². The standard InChI is InChI=1S/C5H10O.C4H8O.C4H8.2Al/c1-3-4-5(2)6;1-2-3-4-5;1-3-4-2;;/h5H,1,3-4H2,2H3;1-4H2;1-4H2;;/q2*-1;;2*+1. The lowest BCUT2D eigenvalue weighted by Crippen LogP contribution is -2.28. The van der Waals surface area contributed by atoms with Crippen molar-refractivity contribution in [3.8, 4) is 0 Å². The minimum absolute atomic E-state index is 0.566. The maximum absolute atomic E-state index is 6.10. The molecule has 1 atom stereocenters. The van der Waals surface area contributed by atoms with Gasteiger partial charge >= 0.3 is 29.0 Å². The Hall–Kier alpha value is 0.985. The molecule has 0 N–H and O–H groups in total. The fraction of sp³-hybridized carbons (Fsp3) is 1.00. The lowest BCUT2D eigenvalue weighted by Gasteiger charge is -2.25. The Balaban J connectivity index is 1.50. The van der Waals surface area contributed by atoms with E-state index < -0.39 is 29.0 Å². The van der Waals surface area contributed by atoms with Crippen molar-refractivity contribution in [2.45, 2.75) is 72.7 Å². The van der Waals surface area contributed by atoms with Crippen molar-refractivity contribution in [3.63, 3.8) is 0 Å². The van der Waals surface area contributed by atoms with Crippen LogP contribution < -0.4 is 0 Å². The fourth-order valence-electron chi connectivity index (χ4n) is 3.09. The highest BCUT2D eigenvalue weighted by Gasteiger charge is 2.27. The largest absolute Gasteiger partial charge is 0.501 e. The van der Waals surface area contributed by atoms with Gasteiger partial charge in [0.05, 0.1) is 0 Å². The Morgan fingerprint density at radius 1 is 1.00 bits per heavy atom. The van der Waals surface area contributed by atoms with E-state index in [0.29, 0.717) is 6.10 Å². The minimum atomic E-state index is -0.783. The van der Waals surface area contributed by atoms with Gasteiger partial charge in [-0.2, -0.15) is 0 Å². The minimum Gasteiger partial charge on any atom is -0.501 e. The molecule has 2 fully saturated rings. The summed E-state index contributed by atoms with van der Waals surface area (Å²) in [5.74, 6) is 0. The highest BCUT2D eigenvalue weighted by Crippen LogP contribution is 2.22. The second-order valence-electron chi connectivity index (χ2n) is 5.77. The molecular weight excluding hydrogens is 242 g/mol. The summed E-state index contributed by atoms with van der Waals surface area (Å²) in [5, 5.41) is 5.72. The van der Waals surface area contributed by atoms with E-state index in [0.717, 1.165) is 6.61 Å². The molecule has 0 aromatic heterocycles. The van der Waals surface area contributed by atoms with Gasteiger partial charge in [-0.05, 0) is 19.8 Å². The third-order valence-corrected chi connectivity index (χ3v) is 9.90. The molecule has 2 nitrogen and oxygen atoms in total. The van der Waals surface area contributed by atoms with Crippen LogP contribution in [0.1, 0.15) is 45.4 Å². The number of hydrogen-bond donors (Lipinski definition) is 0. The van der Waals surface area contributed by atoms with Crippen molar-refractivity contribution in [1.29, 1.82) is 0 Å². The Morgan fingerprint density at radius 2 is 1.76 bits per heavy atom. The van der Waals surface area contributed by atoms with Crippen LogP contribution in [0.25, 0.3) is 0 Å². The lowest BCUT2D eigenvalue weighted by molar-refractivity contribution is 0.188. The summed E-state index contributed by atoms with van der Waals surface area (Å²) >= 11 is -1.52. The Morgan fingerprint density at radius 3 is 2.47 bits per heavy atom. The summed E-state index contributed by atoms with van der Waals surface area (Å²) < 4.78 is 12.0. The van der Waals surface area contributed by atoms with Crippen LogP contribution in [0.2, 0.25) is 21.1 Å². The highest BCUT2D eigenvalue weighted by atomic mass is 27.2. The lowest BCUT2D eigenvalue weighted by atomic mass is 10.2. The summed E-state index contributed by atoms with van der Waals surface area (Å²) in [4.78, 5) is 0. The first kappa shape index (κ1) is 14.4. The second-order valence-corrected chi connectivity index (χ2v) is 11.2. The molecule has 0 radical (unpaired) electrons. The van der Waals surface area contributed by atoms with Gasteiger partial charge in [-0.1, -0.05) is 46.8 Å². The van der Waals surface area contributed by atoms with Gasteiger partial charge in [0, 0.05) is 12.7 Å². The van der Waals surface area contributed by atoms with Crippen molar-refractivity contribution >= 4 is 29.0 Å². The zero-order valence-corrected chi connectivity index (χ0v) is 13.6. The van der Waals surface area contributed by atoms with Crippen LogP contribution in [-0.2, 0) is 7.58 Å². The zero-order chi connectivity index (χ0) is 11.9. The summed E-state index contributed by atoms with van der Waals surface area (Å²) in [6.07, 6.45) is 8.87. The zero-order valence-electron chi connectivity index (χ0n) is 11.3. The van der Waals surface area contributed by atoms with E-state index in [1.54, 1.807) is 0 Å². The predicted molar refractivity (Wildman–Crippen MR) is 74.9 cm³/mol. The first-order valence-corrected chi connectivity index (χ1v) is 11.8. The summed E-state index contributed by atoms with van der Waals surface area (Å²) in [5.41, 5.74) is 0. The Kier molecular flexibility index (Phi) is 6.96. The molecule has 1 unspecified atom stereocenters. The van der Waals surface area contributed by atoms with Crippen molar-refractivity contribution < 1.29 is 7.58 Å². The third-order valence-electron chi connectivity index (χ3n) is 4.14. The van der Waals surface area contributed by atoms with E-state index in [4.69, 9.17) is 7.58 Å². The average molecular weight is 268 g/mol. The van der Waals surface area contributed by atoms with Gasteiger partial charge in [-0.25, -0.2) is 0 Å². The van der Waals surface area contributed by atoms with Gasteiger partial charge in [0.15, 0.2) is 0 Å². The molecule has 0 amide bonds. The van der Waals surface area contributed by atoms with E-state index in [-0.39, 0.29) is 0 Å². The Bertz CT molecular complexity index is 208. The molecule has 0 saturated carbocycles. The van der Waals surface area contributed by atoms with Gasteiger partial charge in [0.1, 0.15) is 0 Å². The quantitative estimate of drug-likeness (QED) is 0.558. The molecule has 0 aliphatic carbocycles. The highest BCUT2D eigenvalue weighted by molar-refractivity contribution is 6.52. The molecule has 4 heteroatoms. The maximum Gasteiger partial charge on any atom is 0.460 e. The van der Waals surface area contributed by atoms with Crippen LogP contribution >= 0.6 is 0 Å². The van der Waals surface area contributed by atoms with E-state index >= 15 is 0 Å². The van der Waals surface area contributed by atoms with Crippen LogP contribution in [-0.4, -0.2) is 41.7 Å². The molecule has 0 aromatic rings. The first-order chi connectivity index (χ1) is 8.34. The predicted octanol–water partition coefficient (Wildman–Crippen LogP) is 3.76. The normalized spacial score (nSPS) is 26.3. The second kappa shape index (κ2) is 8.21. The molecule has 96 valence electrons. The van der Waals surface area contributed by atoms with E-state index in [1.165, 1.54) is 59.7 Å². The summed E-state index contributed by atoms with van der Waals surface area (Å²) in [6, 6.07) is 0. The topological polar surface area (TPSA) is 18.5 Å². The van der Waals surface area contributed by atoms with Crippen LogP contribution in [0.15, 0.2) is 0 Å². The van der Waals surface area contributed by atoms with Gasteiger partial charge in [0.2, 0.25) is 0 Å². The average Bonchev–Trinajstić information content (AvgIpc) is 2.36. The SMILES string of the molecule is CC1CC[CH2][Al]([CH2]CC[CH2][Al]2[CH2]CCC[O]2)[O]1. The van der Waals surface area contributed by atoms with Crippen molar-refractivity contribution in [2.24, 2.45) is 0 Å². The summed E-state index contributed by atoms with van der Waals surface area (Å²) in [7, 11) is 0. The molecule has 2 aliphatic heterocycles. The van der Waals surface area contributed by atoms with Crippen LogP contribution in [0.3, 0.4) is 0 Å². The van der Waals surface area contributed by atoms with E-state index in [1.807, 2.05) is 0 Å². The van der Waals surface area contributed by atoms with Crippen molar-refractivity contribution in [1.82, 2.24) is 0 Å². The molecule has 0 bridgehead atoms. The first-order valence-electron chi connectivity index (χ1n) is 7.61. The maximum atomic E-state index is 6.10. The van der Waals surface area contributed by atoms with E-state index in [9.17, 15) is 0 Å². The van der Waals surface area contributed by atoms with Gasteiger partial charge in [-0.15, -0.1) is 0 Å². The fourth-order valence-corrected chi connectivity index (χ4v) is 8.49.